The predicted molar refractivity (Wildman–Crippen MR) is 107 cm³/mol. The van der Waals surface area contributed by atoms with Gasteiger partial charge in [-0.3, -0.25) is 20.3 Å². The first kappa shape index (κ1) is 19.7. The van der Waals surface area contributed by atoms with E-state index in [2.05, 4.69) is 10.5 Å². The van der Waals surface area contributed by atoms with Gasteiger partial charge in [0, 0.05) is 30.5 Å². The van der Waals surface area contributed by atoms with Crippen LogP contribution in [-0.4, -0.2) is 16.6 Å². The topological polar surface area (TPSA) is 124 Å². The van der Waals surface area contributed by atoms with Crippen LogP contribution in [0.25, 0.3) is 11.0 Å². The monoisotopic (exact) mass is 395 g/mol. The Kier molecular flexibility index (Phi) is 5.40. The Morgan fingerprint density at radius 2 is 1.86 bits per heavy atom. The summed E-state index contributed by atoms with van der Waals surface area (Å²) in [4.78, 5) is 33.6. The van der Waals surface area contributed by atoms with E-state index in [0.717, 1.165) is 0 Å². The van der Waals surface area contributed by atoms with E-state index in [1.165, 1.54) is 37.3 Å². The second kappa shape index (κ2) is 7.93. The molecule has 1 N–H and O–H groups in total. The number of non-ortho nitro benzene ring substituents is 1. The van der Waals surface area contributed by atoms with Gasteiger partial charge in [0.25, 0.3) is 5.69 Å². The fourth-order valence-corrected chi connectivity index (χ4v) is 2.81. The molecule has 0 amide bonds. The van der Waals surface area contributed by atoms with Gasteiger partial charge in [-0.2, -0.15) is 5.10 Å². The number of esters is 1. The summed E-state index contributed by atoms with van der Waals surface area (Å²) in [6.45, 7) is 4.70. The number of ether oxygens (including phenoxy) is 1. The van der Waals surface area contributed by atoms with Gasteiger partial charge < -0.3 is 9.15 Å². The van der Waals surface area contributed by atoms with Crippen LogP contribution in [0.5, 0.6) is 5.75 Å². The average molecular weight is 395 g/mol. The summed E-state index contributed by atoms with van der Waals surface area (Å²) in [7, 11) is 0. The molecular formula is C20H17N3O6. The van der Waals surface area contributed by atoms with Crippen LogP contribution in [0.2, 0.25) is 0 Å². The van der Waals surface area contributed by atoms with E-state index in [4.69, 9.17) is 9.15 Å². The maximum absolute atomic E-state index is 11.9. The lowest BCUT2D eigenvalue weighted by molar-refractivity contribution is -0.384. The van der Waals surface area contributed by atoms with Crippen molar-refractivity contribution in [2.75, 3.05) is 5.43 Å². The molecule has 0 saturated heterocycles. The predicted octanol–water partition coefficient (Wildman–Crippen LogP) is 3.77. The number of carbonyl (C=O) groups is 1. The van der Waals surface area contributed by atoms with Crippen molar-refractivity contribution in [3.05, 3.63) is 74.1 Å². The molecule has 0 atom stereocenters. The number of nitrogens with one attached hydrogen (secondary N) is 1. The maximum Gasteiger partial charge on any atom is 0.336 e. The van der Waals surface area contributed by atoms with Crippen LogP contribution in [0.3, 0.4) is 0 Å². The third kappa shape index (κ3) is 4.29. The molecule has 9 nitrogen and oxygen atoms in total. The molecule has 0 fully saturated rings. The van der Waals surface area contributed by atoms with Crippen molar-refractivity contribution in [3.8, 4) is 5.75 Å². The Morgan fingerprint density at radius 1 is 1.17 bits per heavy atom. The summed E-state index contributed by atoms with van der Waals surface area (Å²) in [5, 5.41) is 15.7. The lowest BCUT2D eigenvalue weighted by atomic mass is 10.0. The van der Waals surface area contributed by atoms with Crippen molar-refractivity contribution in [3.63, 3.8) is 0 Å². The molecule has 0 unspecified atom stereocenters. The van der Waals surface area contributed by atoms with Crippen LogP contribution >= 0.6 is 0 Å². The van der Waals surface area contributed by atoms with E-state index < -0.39 is 16.5 Å². The molecule has 29 heavy (non-hydrogen) atoms. The highest BCUT2D eigenvalue weighted by molar-refractivity contribution is 6.11. The van der Waals surface area contributed by atoms with E-state index in [1.807, 2.05) is 0 Å². The molecule has 3 aromatic rings. The zero-order valence-corrected chi connectivity index (χ0v) is 15.9. The minimum absolute atomic E-state index is 0.0419. The number of benzene rings is 2. The van der Waals surface area contributed by atoms with Gasteiger partial charge >= 0.3 is 11.6 Å². The quantitative estimate of drug-likeness (QED) is 0.174. The summed E-state index contributed by atoms with van der Waals surface area (Å²) >= 11 is 0. The number of nitrogens with zero attached hydrogens (tertiary/aromatic N) is 2. The van der Waals surface area contributed by atoms with Crippen LogP contribution in [0, 0.1) is 17.0 Å². The van der Waals surface area contributed by atoms with E-state index in [1.54, 1.807) is 26.0 Å². The van der Waals surface area contributed by atoms with Gasteiger partial charge in [0.2, 0.25) is 0 Å². The first-order chi connectivity index (χ1) is 13.8. The second-order valence-corrected chi connectivity index (χ2v) is 6.27. The van der Waals surface area contributed by atoms with E-state index in [0.29, 0.717) is 27.9 Å². The van der Waals surface area contributed by atoms with Gasteiger partial charge in [0.05, 0.1) is 21.9 Å². The molecule has 2 aromatic carbocycles. The van der Waals surface area contributed by atoms with Crippen LogP contribution < -0.4 is 15.8 Å². The first-order valence-corrected chi connectivity index (χ1v) is 8.57. The number of nitro benzene ring substituents is 1. The molecule has 0 aliphatic heterocycles. The van der Waals surface area contributed by atoms with Crippen LogP contribution in [0.4, 0.5) is 11.4 Å². The lowest BCUT2D eigenvalue weighted by Gasteiger charge is -2.12. The number of hydrogen-bond acceptors (Lipinski definition) is 8. The maximum atomic E-state index is 11.9. The summed E-state index contributed by atoms with van der Waals surface area (Å²) < 4.78 is 10.6. The molecular weight excluding hydrogens is 378 g/mol. The standard InChI is InChI=1S/C20H17N3O6/c1-11-10-18(25)29-20-16(11)8-9-17(28-13(3)24)19(20)12(2)21-22-14-4-6-15(7-5-14)23(26)27/h4-10,22H,1-3H3/b21-12+. The molecule has 0 aliphatic rings. The van der Waals surface area contributed by atoms with Gasteiger partial charge in [0.15, 0.2) is 5.58 Å². The molecule has 0 radical (unpaired) electrons. The van der Waals surface area contributed by atoms with Gasteiger partial charge in [-0.1, -0.05) is 0 Å². The molecule has 3 rings (SSSR count). The summed E-state index contributed by atoms with van der Waals surface area (Å²) in [6.07, 6.45) is 0. The number of fused-ring (bicyclic) bond motifs is 1. The molecule has 148 valence electrons. The van der Waals surface area contributed by atoms with Crippen molar-refractivity contribution >= 4 is 34.0 Å². The third-order valence-electron chi connectivity index (χ3n) is 4.13. The van der Waals surface area contributed by atoms with Crippen molar-refractivity contribution in [2.24, 2.45) is 5.10 Å². The van der Waals surface area contributed by atoms with Crippen LogP contribution in [0.1, 0.15) is 25.0 Å². The first-order valence-electron chi connectivity index (χ1n) is 8.57. The second-order valence-electron chi connectivity index (χ2n) is 6.27. The Morgan fingerprint density at radius 3 is 2.48 bits per heavy atom. The summed E-state index contributed by atoms with van der Waals surface area (Å²) in [5.41, 5.74) is 4.43. The minimum atomic E-state index is -0.535. The number of anilines is 1. The highest BCUT2D eigenvalue weighted by Crippen LogP contribution is 2.30. The third-order valence-corrected chi connectivity index (χ3v) is 4.13. The molecule has 1 heterocycles. The molecule has 0 bridgehead atoms. The van der Waals surface area contributed by atoms with Crippen molar-refractivity contribution in [1.82, 2.24) is 0 Å². The van der Waals surface area contributed by atoms with Crippen LogP contribution in [0.15, 0.2) is 56.8 Å². The lowest BCUT2D eigenvalue weighted by Crippen LogP contribution is -2.10. The van der Waals surface area contributed by atoms with Crippen LogP contribution in [-0.2, 0) is 4.79 Å². The SMILES string of the molecule is CC(=O)Oc1ccc2c(C)cc(=O)oc2c1/C(C)=N/Nc1ccc([N+](=O)[O-])cc1. The van der Waals surface area contributed by atoms with Crippen molar-refractivity contribution in [2.45, 2.75) is 20.8 Å². The molecule has 9 heteroatoms. The average Bonchev–Trinajstić information content (AvgIpc) is 2.65. The molecule has 0 aliphatic carbocycles. The molecule has 1 aromatic heterocycles. The Hall–Kier alpha value is -4.01. The fourth-order valence-electron chi connectivity index (χ4n) is 2.81. The van der Waals surface area contributed by atoms with Crippen molar-refractivity contribution < 1.29 is 18.9 Å². The highest BCUT2D eigenvalue weighted by Gasteiger charge is 2.18. The fraction of sp³-hybridized carbons (Fsp3) is 0.150. The van der Waals surface area contributed by atoms with Crippen molar-refractivity contribution in [1.29, 1.82) is 0 Å². The van der Waals surface area contributed by atoms with Gasteiger partial charge in [-0.05, 0) is 43.7 Å². The Labute approximate surface area is 164 Å². The minimum Gasteiger partial charge on any atom is -0.426 e. The zero-order chi connectivity index (χ0) is 21.1. The zero-order valence-electron chi connectivity index (χ0n) is 15.9. The normalized spacial score (nSPS) is 11.3. The summed E-state index contributed by atoms with van der Waals surface area (Å²) in [5.74, 6) is -0.331. The largest absolute Gasteiger partial charge is 0.426 e. The van der Waals surface area contributed by atoms with E-state index in [9.17, 15) is 19.7 Å². The van der Waals surface area contributed by atoms with E-state index >= 15 is 0 Å². The molecule has 0 saturated carbocycles. The molecule has 0 spiro atoms. The smallest absolute Gasteiger partial charge is 0.336 e. The number of carbonyl (C=O) groups excluding carboxylic acids is 1. The number of hydrogen-bond donors (Lipinski definition) is 1. The number of nitro groups is 1. The van der Waals surface area contributed by atoms with Gasteiger partial charge in [0.1, 0.15) is 5.75 Å². The van der Waals surface area contributed by atoms with Gasteiger partial charge in [-0.25, -0.2) is 4.79 Å². The number of aryl methyl sites for hydroxylation is 1. The number of hydrazone groups is 1. The number of rotatable bonds is 5. The summed E-state index contributed by atoms with van der Waals surface area (Å²) in [6, 6.07) is 10.4. The van der Waals surface area contributed by atoms with Gasteiger partial charge in [-0.15, -0.1) is 0 Å². The highest BCUT2D eigenvalue weighted by atomic mass is 16.6. The van der Waals surface area contributed by atoms with E-state index in [-0.39, 0.29) is 17.0 Å². The Balaban J connectivity index is 2.07. The Bertz CT molecular complexity index is 1200.